The Morgan fingerprint density at radius 1 is 0.917 bits per heavy atom. The molecule has 0 radical (unpaired) electrons. The van der Waals surface area contributed by atoms with Crippen LogP contribution >= 0.6 is 11.6 Å². The van der Waals surface area contributed by atoms with Crippen LogP contribution < -0.4 is 0 Å². The van der Waals surface area contributed by atoms with Crippen LogP contribution in [-0.4, -0.2) is 11.1 Å². The van der Waals surface area contributed by atoms with Crippen LogP contribution in [0.4, 0.5) is 11.6 Å². The molecule has 0 saturated heterocycles. The van der Waals surface area contributed by atoms with Gasteiger partial charge < -0.3 is 8.83 Å². The number of nitrogens with zero attached hydrogens (tertiary/aromatic N) is 3. The van der Waals surface area contributed by atoms with Gasteiger partial charge >= 0.3 is 0 Å². The van der Waals surface area contributed by atoms with Crippen molar-refractivity contribution in [3.05, 3.63) is 117 Å². The van der Waals surface area contributed by atoms with Gasteiger partial charge in [-0.2, -0.15) is 5.26 Å². The second kappa shape index (κ2) is 9.74. The Hall–Kier alpha value is -4.93. The molecule has 0 amide bonds. The van der Waals surface area contributed by atoms with Crippen LogP contribution in [-0.2, 0) is 0 Å². The number of nitriles is 1. The molecule has 0 atom stereocenters. The molecule has 0 N–H and O–H groups in total. The Morgan fingerprint density at radius 2 is 1.61 bits per heavy atom. The van der Waals surface area contributed by atoms with Crippen molar-refractivity contribution in [2.75, 3.05) is 0 Å². The minimum Gasteiger partial charge on any atom is -0.455 e. The van der Waals surface area contributed by atoms with Gasteiger partial charge in [0.25, 0.3) is 5.69 Å². The number of halogens is 1. The van der Waals surface area contributed by atoms with Gasteiger partial charge in [0, 0.05) is 22.2 Å². The zero-order valence-corrected chi connectivity index (χ0v) is 19.3. The molecular formula is C28H16ClN3O4. The molecule has 2 aromatic heterocycles. The fourth-order valence-electron chi connectivity index (χ4n) is 3.84. The van der Waals surface area contributed by atoms with Gasteiger partial charge in [-0.15, -0.1) is 0 Å². The fraction of sp³-hybridized carbons (Fsp3) is 0. The highest BCUT2D eigenvalue weighted by Gasteiger charge is 2.23. The maximum absolute atomic E-state index is 11.4. The lowest BCUT2D eigenvalue weighted by molar-refractivity contribution is -0.384. The molecule has 36 heavy (non-hydrogen) atoms. The monoisotopic (exact) mass is 493 g/mol. The van der Waals surface area contributed by atoms with Gasteiger partial charge in [0.15, 0.2) is 0 Å². The highest BCUT2D eigenvalue weighted by atomic mass is 35.5. The van der Waals surface area contributed by atoms with Crippen molar-refractivity contribution in [1.82, 2.24) is 0 Å². The normalized spacial score (nSPS) is 11.0. The zero-order chi connectivity index (χ0) is 25.1. The Labute approximate surface area is 210 Å². The third-order valence-electron chi connectivity index (χ3n) is 5.46. The number of nitro benzene ring substituents is 1. The summed E-state index contributed by atoms with van der Waals surface area (Å²) >= 11 is 5.91. The molecule has 174 valence electrons. The van der Waals surface area contributed by atoms with E-state index in [0.29, 0.717) is 17.1 Å². The molecule has 3 aromatic carbocycles. The number of aliphatic imine (C=N–C) groups is 1. The topological polar surface area (TPSA) is 106 Å². The molecule has 0 aliphatic carbocycles. The number of furan rings is 2. The summed E-state index contributed by atoms with van der Waals surface area (Å²) in [7, 11) is 0. The largest absolute Gasteiger partial charge is 0.455 e. The lowest BCUT2D eigenvalue weighted by Crippen LogP contribution is -1.91. The van der Waals surface area contributed by atoms with Crippen LogP contribution in [0.1, 0.15) is 11.3 Å². The van der Waals surface area contributed by atoms with Crippen molar-refractivity contribution in [1.29, 1.82) is 5.26 Å². The summed E-state index contributed by atoms with van der Waals surface area (Å²) in [6, 6.07) is 28.8. The first-order chi connectivity index (χ1) is 17.5. The fourth-order valence-corrected chi connectivity index (χ4v) is 4.01. The summed E-state index contributed by atoms with van der Waals surface area (Å²) in [4.78, 5) is 15.3. The summed E-state index contributed by atoms with van der Waals surface area (Å²) in [6.07, 6.45) is 1.41. The van der Waals surface area contributed by atoms with Crippen LogP contribution in [0.3, 0.4) is 0 Å². The summed E-state index contributed by atoms with van der Waals surface area (Å²) in [5.74, 6) is 1.28. The average molecular weight is 494 g/mol. The van der Waals surface area contributed by atoms with E-state index in [1.807, 2.05) is 60.7 Å². The van der Waals surface area contributed by atoms with Crippen LogP contribution in [0.25, 0.3) is 33.8 Å². The van der Waals surface area contributed by atoms with Gasteiger partial charge in [-0.25, -0.2) is 4.99 Å². The van der Waals surface area contributed by atoms with E-state index < -0.39 is 4.92 Å². The van der Waals surface area contributed by atoms with Crippen molar-refractivity contribution >= 4 is 29.4 Å². The van der Waals surface area contributed by atoms with Crippen LogP contribution in [0.15, 0.2) is 105 Å². The smallest absolute Gasteiger partial charge is 0.281 e. The van der Waals surface area contributed by atoms with Gasteiger partial charge in [-0.05, 0) is 29.8 Å². The van der Waals surface area contributed by atoms with E-state index >= 15 is 0 Å². The number of hydrogen-bond acceptors (Lipinski definition) is 6. The molecule has 0 bridgehead atoms. The zero-order valence-electron chi connectivity index (χ0n) is 18.6. The minimum absolute atomic E-state index is 0.130. The van der Waals surface area contributed by atoms with Gasteiger partial charge in [0.2, 0.25) is 5.88 Å². The molecule has 2 heterocycles. The predicted molar refractivity (Wildman–Crippen MR) is 137 cm³/mol. The van der Waals surface area contributed by atoms with Crippen molar-refractivity contribution < 1.29 is 13.8 Å². The Morgan fingerprint density at radius 3 is 2.28 bits per heavy atom. The van der Waals surface area contributed by atoms with E-state index in [1.165, 1.54) is 18.3 Å². The van der Waals surface area contributed by atoms with E-state index in [4.69, 9.17) is 20.4 Å². The lowest BCUT2D eigenvalue weighted by Gasteiger charge is -2.03. The molecule has 0 spiro atoms. The van der Waals surface area contributed by atoms with Gasteiger partial charge in [0.1, 0.15) is 28.9 Å². The molecule has 8 heteroatoms. The van der Waals surface area contributed by atoms with Crippen molar-refractivity contribution in [2.45, 2.75) is 0 Å². The number of hydrogen-bond donors (Lipinski definition) is 0. The third kappa shape index (κ3) is 4.41. The molecule has 0 aliphatic rings. The second-order valence-corrected chi connectivity index (χ2v) is 8.15. The minimum atomic E-state index is -0.518. The van der Waals surface area contributed by atoms with Crippen molar-refractivity contribution in [2.24, 2.45) is 4.99 Å². The van der Waals surface area contributed by atoms with Crippen molar-refractivity contribution in [3.8, 4) is 39.8 Å². The summed E-state index contributed by atoms with van der Waals surface area (Å²) in [5, 5.41) is 21.7. The van der Waals surface area contributed by atoms with E-state index in [1.54, 1.807) is 18.2 Å². The SMILES string of the molecule is N#Cc1c(/N=C/c2ccc(-c3ccc(Cl)cc3[N+](=O)[O-])o2)oc(-c2ccccc2)c1-c1ccccc1. The number of benzene rings is 3. The molecule has 5 rings (SSSR count). The van der Waals surface area contributed by atoms with E-state index in [9.17, 15) is 15.4 Å². The van der Waals surface area contributed by atoms with Crippen LogP contribution in [0.5, 0.6) is 0 Å². The quantitative estimate of drug-likeness (QED) is 0.135. The molecule has 0 saturated carbocycles. The van der Waals surface area contributed by atoms with Crippen molar-refractivity contribution in [3.63, 3.8) is 0 Å². The van der Waals surface area contributed by atoms with Gasteiger partial charge in [-0.3, -0.25) is 10.1 Å². The van der Waals surface area contributed by atoms with Crippen LogP contribution in [0, 0.1) is 21.4 Å². The standard InChI is InChI=1S/C28H16ClN3O4/c29-20-11-13-22(24(15-20)32(33)34)25-14-12-21(35-25)17-31-28-23(16-30)26(18-7-3-1-4-8-18)27(36-28)19-9-5-2-6-10-19/h1-15,17H/b31-17+. The Balaban J connectivity index is 1.56. The average Bonchev–Trinajstić information content (AvgIpc) is 3.53. The third-order valence-corrected chi connectivity index (χ3v) is 5.69. The first-order valence-corrected chi connectivity index (χ1v) is 11.2. The highest BCUT2D eigenvalue weighted by molar-refractivity contribution is 6.30. The second-order valence-electron chi connectivity index (χ2n) is 7.71. The highest BCUT2D eigenvalue weighted by Crippen LogP contribution is 2.42. The summed E-state index contributed by atoms with van der Waals surface area (Å²) in [6.45, 7) is 0. The molecular weight excluding hydrogens is 478 g/mol. The lowest BCUT2D eigenvalue weighted by atomic mass is 9.98. The van der Waals surface area contributed by atoms with Gasteiger partial charge in [-0.1, -0.05) is 72.3 Å². The van der Waals surface area contributed by atoms with E-state index in [-0.39, 0.29) is 33.5 Å². The molecule has 5 aromatic rings. The van der Waals surface area contributed by atoms with Crippen LogP contribution in [0.2, 0.25) is 5.02 Å². The summed E-state index contributed by atoms with van der Waals surface area (Å²) < 4.78 is 11.9. The maximum atomic E-state index is 11.4. The molecule has 0 fully saturated rings. The number of nitro groups is 1. The molecule has 0 aliphatic heterocycles. The summed E-state index contributed by atoms with van der Waals surface area (Å²) in [5.41, 5.74) is 2.69. The molecule has 0 unspecified atom stereocenters. The van der Waals surface area contributed by atoms with Gasteiger partial charge in [0.05, 0.1) is 16.7 Å². The Kier molecular flexibility index (Phi) is 6.18. The van der Waals surface area contributed by atoms with E-state index in [2.05, 4.69) is 11.1 Å². The first-order valence-electron chi connectivity index (χ1n) is 10.8. The maximum Gasteiger partial charge on any atom is 0.281 e. The molecule has 7 nitrogen and oxygen atoms in total. The predicted octanol–water partition coefficient (Wildman–Crippen LogP) is 8.06. The first kappa shape index (κ1) is 22.8. The number of rotatable bonds is 6. The van der Waals surface area contributed by atoms with E-state index in [0.717, 1.165) is 11.1 Å². The Bertz CT molecular complexity index is 1630.